The Balaban J connectivity index is 2.42. The van der Waals surface area contributed by atoms with Crippen LogP contribution in [0.25, 0.3) is 5.69 Å². The van der Waals surface area contributed by atoms with Crippen LogP contribution in [0.5, 0.6) is 0 Å². The number of benzene rings is 1. The van der Waals surface area contributed by atoms with Crippen molar-refractivity contribution < 1.29 is 23.1 Å². The predicted octanol–water partition coefficient (Wildman–Crippen LogP) is 2.62. The van der Waals surface area contributed by atoms with Gasteiger partial charge in [-0.05, 0) is 44.6 Å². The second kappa shape index (κ2) is 6.02. The third kappa shape index (κ3) is 3.73. The first-order valence-electron chi connectivity index (χ1n) is 5.29. The van der Waals surface area contributed by atoms with E-state index in [-0.39, 0.29) is 16.6 Å². The lowest BCUT2D eigenvalue weighted by Gasteiger charge is -2.11. The van der Waals surface area contributed by atoms with Gasteiger partial charge in [0.25, 0.3) is 0 Å². The van der Waals surface area contributed by atoms with E-state index in [1.54, 1.807) is 0 Å². The highest BCUT2D eigenvalue weighted by Crippen LogP contribution is 2.33. The Kier molecular flexibility index (Phi) is 4.52. The molecule has 0 aliphatic carbocycles. The van der Waals surface area contributed by atoms with Crippen molar-refractivity contribution in [3.8, 4) is 5.69 Å². The van der Waals surface area contributed by atoms with Crippen LogP contribution in [0, 0.1) is 0 Å². The summed E-state index contributed by atoms with van der Waals surface area (Å²) in [7, 11) is 0. The Bertz CT molecular complexity index is 677. The van der Waals surface area contributed by atoms with Crippen molar-refractivity contribution in [1.29, 1.82) is 0 Å². The van der Waals surface area contributed by atoms with Gasteiger partial charge in [-0.15, -0.1) is 5.10 Å². The minimum Gasteiger partial charge on any atom is -0.481 e. The summed E-state index contributed by atoms with van der Waals surface area (Å²) in [6.07, 6.45) is -4.50. The topological polar surface area (TPSA) is 80.9 Å². The smallest absolute Gasteiger partial charge is 0.416 e. The molecule has 0 spiro atoms. The summed E-state index contributed by atoms with van der Waals surface area (Å²) in [4.78, 5) is 10.5. The standard InChI is InChI=1S/C10H6BrF3N4O2S/c11-6-2-1-5(10(12,13)14)3-7(6)18-9(15-16-17-18)21-4-8(19)20/h1-3H,4H2,(H,19,20). The predicted molar refractivity (Wildman–Crippen MR) is 70.2 cm³/mol. The number of nitrogens with zero attached hydrogens (tertiary/aromatic N) is 4. The largest absolute Gasteiger partial charge is 0.481 e. The number of thioether (sulfide) groups is 1. The van der Waals surface area contributed by atoms with E-state index in [4.69, 9.17) is 5.11 Å². The number of aromatic nitrogens is 4. The molecule has 1 aromatic heterocycles. The fourth-order valence-electron chi connectivity index (χ4n) is 1.40. The fourth-order valence-corrected chi connectivity index (χ4v) is 2.42. The van der Waals surface area contributed by atoms with Crippen LogP contribution in [-0.4, -0.2) is 37.0 Å². The van der Waals surface area contributed by atoms with Gasteiger partial charge in [0, 0.05) is 4.47 Å². The van der Waals surface area contributed by atoms with Crippen molar-refractivity contribution in [3.05, 3.63) is 28.2 Å². The molecule has 0 unspecified atom stereocenters. The molecule has 21 heavy (non-hydrogen) atoms. The van der Waals surface area contributed by atoms with Gasteiger partial charge in [0.15, 0.2) is 0 Å². The van der Waals surface area contributed by atoms with Crippen LogP contribution < -0.4 is 0 Å². The molecule has 0 aliphatic rings. The van der Waals surface area contributed by atoms with Gasteiger partial charge >= 0.3 is 12.1 Å². The summed E-state index contributed by atoms with van der Waals surface area (Å²) in [5.41, 5.74) is -0.784. The van der Waals surface area contributed by atoms with Crippen molar-refractivity contribution in [1.82, 2.24) is 20.2 Å². The third-order valence-electron chi connectivity index (χ3n) is 2.27. The molecular weight excluding hydrogens is 377 g/mol. The maximum absolute atomic E-state index is 12.7. The average molecular weight is 383 g/mol. The van der Waals surface area contributed by atoms with Crippen LogP contribution in [0.4, 0.5) is 13.2 Å². The molecule has 1 aromatic carbocycles. The van der Waals surface area contributed by atoms with Crippen molar-refractivity contribution in [2.45, 2.75) is 11.3 Å². The number of hydrogen-bond donors (Lipinski definition) is 1. The van der Waals surface area contributed by atoms with E-state index in [0.717, 1.165) is 28.6 Å². The van der Waals surface area contributed by atoms with Crippen molar-refractivity contribution >= 4 is 33.7 Å². The highest BCUT2D eigenvalue weighted by molar-refractivity contribution is 9.10. The minimum absolute atomic E-state index is 0.0720. The quantitative estimate of drug-likeness (QED) is 0.818. The molecule has 0 saturated heterocycles. The molecule has 0 amide bonds. The first-order chi connectivity index (χ1) is 9.79. The van der Waals surface area contributed by atoms with E-state index < -0.39 is 17.7 Å². The molecule has 1 heterocycles. The van der Waals surface area contributed by atoms with Crippen LogP contribution in [-0.2, 0) is 11.0 Å². The van der Waals surface area contributed by atoms with E-state index in [2.05, 4.69) is 31.5 Å². The van der Waals surface area contributed by atoms with Crippen molar-refractivity contribution in [2.24, 2.45) is 0 Å². The molecule has 0 fully saturated rings. The maximum atomic E-state index is 12.7. The van der Waals surface area contributed by atoms with Crippen molar-refractivity contribution in [2.75, 3.05) is 5.75 Å². The third-order valence-corrected chi connectivity index (χ3v) is 3.84. The van der Waals surface area contributed by atoms with Crippen molar-refractivity contribution in [3.63, 3.8) is 0 Å². The Morgan fingerprint density at radius 3 is 2.76 bits per heavy atom. The molecule has 1 N–H and O–H groups in total. The molecule has 0 aliphatic heterocycles. The number of carboxylic acid groups (broad SMARTS) is 1. The Hall–Kier alpha value is -1.62. The van der Waals surface area contributed by atoms with E-state index in [0.29, 0.717) is 4.47 Å². The minimum atomic E-state index is -4.50. The van der Waals surface area contributed by atoms with E-state index >= 15 is 0 Å². The molecule has 2 aromatic rings. The molecule has 0 radical (unpaired) electrons. The Morgan fingerprint density at radius 1 is 1.43 bits per heavy atom. The van der Waals surface area contributed by atoms with Gasteiger partial charge in [0.1, 0.15) is 0 Å². The van der Waals surface area contributed by atoms with Gasteiger partial charge in [0.05, 0.1) is 17.0 Å². The number of rotatable bonds is 4. The second-order valence-corrected chi connectivity index (χ2v) is 5.52. The number of carboxylic acids is 1. The molecule has 112 valence electrons. The summed E-state index contributed by atoms with van der Waals surface area (Å²) >= 11 is 3.93. The van der Waals surface area contributed by atoms with Gasteiger partial charge in [-0.1, -0.05) is 11.8 Å². The van der Waals surface area contributed by atoms with Gasteiger partial charge in [-0.25, -0.2) is 0 Å². The van der Waals surface area contributed by atoms with E-state index in [9.17, 15) is 18.0 Å². The summed E-state index contributed by atoms with van der Waals surface area (Å²) in [6.45, 7) is 0. The number of tetrazole rings is 1. The Morgan fingerprint density at radius 2 is 2.14 bits per heavy atom. The average Bonchev–Trinajstić information content (AvgIpc) is 2.83. The normalized spacial score (nSPS) is 11.6. The summed E-state index contributed by atoms with van der Waals surface area (Å²) in [6, 6.07) is 3.03. The molecule has 0 bridgehead atoms. The fraction of sp³-hybridized carbons (Fsp3) is 0.200. The van der Waals surface area contributed by atoms with Gasteiger partial charge < -0.3 is 5.11 Å². The second-order valence-electron chi connectivity index (χ2n) is 3.72. The maximum Gasteiger partial charge on any atom is 0.416 e. The van der Waals surface area contributed by atoms with Crippen LogP contribution in [0.2, 0.25) is 0 Å². The van der Waals surface area contributed by atoms with Gasteiger partial charge in [0.2, 0.25) is 5.16 Å². The molecule has 6 nitrogen and oxygen atoms in total. The monoisotopic (exact) mass is 382 g/mol. The van der Waals surface area contributed by atoms with Crippen LogP contribution in [0.15, 0.2) is 27.8 Å². The van der Waals surface area contributed by atoms with E-state index in [1.807, 2.05) is 0 Å². The van der Waals surface area contributed by atoms with E-state index in [1.165, 1.54) is 6.07 Å². The SMILES string of the molecule is O=C(O)CSc1nnnn1-c1cc(C(F)(F)F)ccc1Br. The highest BCUT2D eigenvalue weighted by Gasteiger charge is 2.31. The molecule has 11 heteroatoms. The van der Waals surface area contributed by atoms with Crippen LogP contribution >= 0.6 is 27.7 Å². The summed E-state index contributed by atoms with van der Waals surface area (Å²) < 4.78 is 39.6. The zero-order valence-electron chi connectivity index (χ0n) is 10.0. The number of hydrogen-bond acceptors (Lipinski definition) is 5. The lowest BCUT2D eigenvalue weighted by Crippen LogP contribution is -2.08. The lowest BCUT2D eigenvalue weighted by molar-refractivity contribution is -0.137. The number of aliphatic carboxylic acids is 1. The number of alkyl halides is 3. The Labute approximate surface area is 128 Å². The first-order valence-corrected chi connectivity index (χ1v) is 7.07. The van der Waals surface area contributed by atoms with Crippen LogP contribution in [0.1, 0.15) is 5.56 Å². The number of carbonyl (C=O) groups is 1. The summed E-state index contributed by atoms with van der Waals surface area (Å²) in [5.74, 6) is -1.39. The molecule has 0 atom stereocenters. The van der Waals surface area contributed by atoms with Gasteiger partial charge in [-0.3, -0.25) is 4.79 Å². The lowest BCUT2D eigenvalue weighted by atomic mass is 10.2. The molecule has 0 saturated carbocycles. The molecular formula is C10H6BrF3N4O2S. The van der Waals surface area contributed by atoms with Crippen LogP contribution in [0.3, 0.4) is 0 Å². The zero-order chi connectivity index (χ0) is 15.6. The van der Waals surface area contributed by atoms with Gasteiger partial charge in [-0.2, -0.15) is 17.9 Å². The summed E-state index contributed by atoms with van der Waals surface area (Å²) in [5, 5.41) is 19.2. The zero-order valence-corrected chi connectivity index (χ0v) is 12.4. The molecule has 2 rings (SSSR count). The number of halogens is 4. The first kappa shape index (κ1) is 15.8. The highest BCUT2D eigenvalue weighted by atomic mass is 79.9.